The number of benzene rings is 10. The van der Waals surface area contributed by atoms with Crippen LogP contribution in [0.4, 0.5) is 17.1 Å². The summed E-state index contributed by atoms with van der Waals surface area (Å²) < 4.78 is 2.36. The molecule has 0 saturated carbocycles. The van der Waals surface area contributed by atoms with E-state index < -0.39 is 0 Å². The number of aromatic nitrogens is 3. The molecule has 4 nitrogen and oxygen atoms in total. The summed E-state index contributed by atoms with van der Waals surface area (Å²) in [5.74, 6) is 0. The molecule has 0 saturated heterocycles. The lowest BCUT2D eigenvalue weighted by molar-refractivity contribution is 1.18. The van der Waals surface area contributed by atoms with Gasteiger partial charge in [-0.25, -0.2) is 4.98 Å². The number of nitrogens with zero attached hydrogens (tertiary/aromatic N) is 4. The van der Waals surface area contributed by atoms with E-state index in [9.17, 15) is 0 Å². The van der Waals surface area contributed by atoms with Gasteiger partial charge in [-0.2, -0.15) is 0 Å². The minimum Gasteiger partial charge on any atom is -0.310 e. The smallest absolute Gasteiger partial charge is 0.0979 e. The Morgan fingerprint density at radius 3 is 1.61 bits per heavy atom. The monoisotopic (exact) mass is 790 g/mol. The van der Waals surface area contributed by atoms with Crippen molar-refractivity contribution in [2.24, 2.45) is 0 Å². The van der Waals surface area contributed by atoms with E-state index in [4.69, 9.17) is 9.97 Å². The second-order valence-corrected chi connectivity index (χ2v) is 15.8. The highest BCUT2D eigenvalue weighted by Crippen LogP contribution is 2.40. The molecule has 0 fully saturated rings. The summed E-state index contributed by atoms with van der Waals surface area (Å²) in [5, 5.41) is 7.11. The average Bonchev–Trinajstić information content (AvgIpc) is 3.69. The number of para-hydroxylation sites is 3. The van der Waals surface area contributed by atoms with E-state index in [-0.39, 0.29) is 0 Å². The van der Waals surface area contributed by atoms with E-state index in [1.807, 2.05) is 6.20 Å². The van der Waals surface area contributed by atoms with E-state index in [2.05, 4.69) is 234 Å². The molecule has 2 aromatic heterocycles. The Morgan fingerprint density at radius 1 is 0.323 bits per heavy atom. The predicted molar refractivity (Wildman–Crippen MR) is 260 cm³/mol. The van der Waals surface area contributed by atoms with Gasteiger partial charge >= 0.3 is 0 Å². The number of hydrogen-bond acceptors (Lipinski definition) is 3. The van der Waals surface area contributed by atoms with Gasteiger partial charge in [0.2, 0.25) is 0 Å². The van der Waals surface area contributed by atoms with Crippen LogP contribution in [-0.2, 0) is 0 Å². The first-order valence-electron chi connectivity index (χ1n) is 21.1. The van der Waals surface area contributed by atoms with Crippen LogP contribution in [0, 0.1) is 0 Å². The summed E-state index contributed by atoms with van der Waals surface area (Å²) in [6.07, 6.45) is 1.92. The molecule has 12 rings (SSSR count). The highest BCUT2D eigenvalue weighted by Gasteiger charge is 2.17. The molecule has 0 spiro atoms. The topological polar surface area (TPSA) is 34.0 Å². The lowest BCUT2D eigenvalue weighted by Gasteiger charge is -2.26. The molecule has 0 amide bonds. The van der Waals surface area contributed by atoms with Crippen molar-refractivity contribution < 1.29 is 0 Å². The highest BCUT2D eigenvalue weighted by atomic mass is 15.1. The number of anilines is 3. The average molecular weight is 791 g/mol. The molecule has 0 unspecified atom stereocenters. The van der Waals surface area contributed by atoms with E-state index >= 15 is 0 Å². The zero-order chi connectivity index (χ0) is 41.0. The van der Waals surface area contributed by atoms with Crippen LogP contribution in [0.15, 0.2) is 231 Å². The number of rotatable bonds is 7. The number of hydrogen-bond donors (Lipinski definition) is 0. The van der Waals surface area contributed by atoms with Crippen LogP contribution in [0.5, 0.6) is 0 Å². The Kier molecular flexibility index (Phi) is 8.46. The van der Waals surface area contributed by atoms with Gasteiger partial charge in [-0.3, -0.25) is 4.98 Å². The molecule has 290 valence electrons. The summed E-state index contributed by atoms with van der Waals surface area (Å²) in [5.41, 5.74) is 15.1. The van der Waals surface area contributed by atoms with Gasteiger partial charge in [-0.15, -0.1) is 0 Å². The maximum absolute atomic E-state index is 5.28. The van der Waals surface area contributed by atoms with Crippen LogP contribution < -0.4 is 4.90 Å². The molecule has 0 atom stereocenters. The van der Waals surface area contributed by atoms with Crippen molar-refractivity contribution in [3.05, 3.63) is 231 Å². The fraction of sp³-hybridized carbons (Fsp3) is 0. The van der Waals surface area contributed by atoms with Crippen molar-refractivity contribution in [1.82, 2.24) is 14.5 Å². The van der Waals surface area contributed by atoms with Crippen LogP contribution in [-0.4, -0.2) is 14.5 Å². The van der Waals surface area contributed by atoms with Crippen molar-refractivity contribution in [3.63, 3.8) is 0 Å². The van der Waals surface area contributed by atoms with Crippen LogP contribution in [0.2, 0.25) is 0 Å². The molecule has 10 aromatic carbocycles. The fourth-order valence-electron chi connectivity index (χ4n) is 9.28. The van der Waals surface area contributed by atoms with E-state index in [0.29, 0.717) is 0 Å². The SMILES string of the molecule is c1ccc(N(c2ccc(-c3ccc4c(c3)c3ccccc3n4-c3ccccc3)cc2)c2cccc(-c3cccc(-c4cnc5c6ccccc6c6ccccc6c5n4)c3)c2)cc1. The molecular weight excluding hydrogens is 753 g/mol. The predicted octanol–water partition coefficient (Wildman–Crippen LogP) is 15.5. The first-order valence-corrected chi connectivity index (χ1v) is 21.1. The standard InChI is InChI=1S/C58H38N4/c1-3-18-44(19-4-1)61(46-32-29-39(30-33-46)42-31-34-56-53(37-42)50-25-11-12-28-55(50)62(56)45-20-5-2-6-21-45)47-22-14-16-41(36-47)40-15-13-17-43(35-40)54-38-59-57-51-26-9-7-23-48(51)49-24-8-10-27-52(49)58(57)60-54/h1-38H. The molecule has 12 aromatic rings. The van der Waals surface area contributed by atoms with Crippen molar-refractivity contribution in [1.29, 1.82) is 0 Å². The fourth-order valence-corrected chi connectivity index (χ4v) is 9.28. The Morgan fingerprint density at radius 2 is 0.855 bits per heavy atom. The molecule has 0 aliphatic rings. The molecular formula is C58H38N4. The molecule has 0 N–H and O–H groups in total. The first kappa shape index (κ1) is 35.6. The molecule has 0 radical (unpaired) electrons. The lowest BCUT2D eigenvalue weighted by Crippen LogP contribution is -2.09. The highest BCUT2D eigenvalue weighted by molar-refractivity contribution is 6.23. The Bertz CT molecular complexity index is 3590. The minimum absolute atomic E-state index is 0.850. The third-order valence-corrected chi connectivity index (χ3v) is 12.2. The zero-order valence-corrected chi connectivity index (χ0v) is 33.7. The molecule has 2 heterocycles. The van der Waals surface area contributed by atoms with Crippen molar-refractivity contribution in [2.75, 3.05) is 4.90 Å². The van der Waals surface area contributed by atoms with Gasteiger partial charge in [0.15, 0.2) is 0 Å². The van der Waals surface area contributed by atoms with Crippen LogP contribution in [0.3, 0.4) is 0 Å². The van der Waals surface area contributed by atoms with Crippen molar-refractivity contribution in [2.45, 2.75) is 0 Å². The summed E-state index contributed by atoms with van der Waals surface area (Å²) in [6, 6.07) is 80.2. The maximum atomic E-state index is 5.28. The van der Waals surface area contributed by atoms with Crippen molar-refractivity contribution in [3.8, 4) is 39.2 Å². The molecule has 4 heteroatoms. The quantitative estimate of drug-likeness (QED) is 0.151. The second-order valence-electron chi connectivity index (χ2n) is 15.8. The summed E-state index contributed by atoms with van der Waals surface area (Å²) in [7, 11) is 0. The van der Waals surface area contributed by atoms with Gasteiger partial charge in [0, 0.05) is 49.9 Å². The lowest BCUT2D eigenvalue weighted by atomic mass is 9.98. The van der Waals surface area contributed by atoms with E-state index in [0.717, 1.165) is 66.9 Å². The summed E-state index contributed by atoms with van der Waals surface area (Å²) in [4.78, 5) is 12.6. The van der Waals surface area contributed by atoms with Crippen molar-refractivity contribution >= 4 is 71.4 Å². The van der Waals surface area contributed by atoms with Gasteiger partial charge < -0.3 is 9.47 Å². The molecule has 62 heavy (non-hydrogen) atoms. The van der Waals surface area contributed by atoms with Crippen LogP contribution in [0.1, 0.15) is 0 Å². The number of fused-ring (bicyclic) bond motifs is 9. The molecule has 0 aliphatic heterocycles. The van der Waals surface area contributed by atoms with Crippen LogP contribution in [0.25, 0.3) is 93.6 Å². The third-order valence-electron chi connectivity index (χ3n) is 12.2. The Labute approximate surface area is 359 Å². The van der Waals surface area contributed by atoms with Crippen LogP contribution >= 0.6 is 0 Å². The Balaban J connectivity index is 0.903. The van der Waals surface area contributed by atoms with Gasteiger partial charge in [0.25, 0.3) is 0 Å². The van der Waals surface area contributed by atoms with E-state index in [1.165, 1.54) is 43.7 Å². The van der Waals surface area contributed by atoms with Gasteiger partial charge in [0.05, 0.1) is 34.0 Å². The van der Waals surface area contributed by atoms with E-state index in [1.54, 1.807) is 0 Å². The second kappa shape index (κ2) is 14.7. The maximum Gasteiger partial charge on any atom is 0.0979 e. The Hall–Kier alpha value is -8.34. The first-order chi connectivity index (χ1) is 30.7. The van der Waals surface area contributed by atoms with Gasteiger partial charge in [-0.05, 0) is 106 Å². The molecule has 0 aliphatic carbocycles. The summed E-state index contributed by atoms with van der Waals surface area (Å²) >= 11 is 0. The van der Waals surface area contributed by atoms with Gasteiger partial charge in [0.1, 0.15) is 0 Å². The third kappa shape index (κ3) is 6.00. The van der Waals surface area contributed by atoms with Gasteiger partial charge in [-0.1, -0.05) is 152 Å². The largest absolute Gasteiger partial charge is 0.310 e. The molecule has 0 bridgehead atoms. The zero-order valence-electron chi connectivity index (χ0n) is 33.7. The minimum atomic E-state index is 0.850. The summed E-state index contributed by atoms with van der Waals surface area (Å²) in [6.45, 7) is 0. The normalized spacial score (nSPS) is 11.5.